The van der Waals surface area contributed by atoms with E-state index < -0.39 is 12.1 Å². The van der Waals surface area contributed by atoms with Gasteiger partial charge in [0.15, 0.2) is 0 Å². The number of aliphatic hydroxyl groups is 2. The Bertz CT molecular complexity index is 1110. The van der Waals surface area contributed by atoms with Gasteiger partial charge in [0.25, 0.3) is 0 Å². The topological polar surface area (TPSA) is 69.6 Å². The van der Waals surface area contributed by atoms with Crippen molar-refractivity contribution in [1.29, 1.82) is 0 Å². The smallest absolute Gasteiger partial charge is 0.220 e. The van der Waals surface area contributed by atoms with E-state index in [9.17, 15) is 15.0 Å². The van der Waals surface area contributed by atoms with Crippen LogP contribution in [0.25, 0.3) is 0 Å². The summed E-state index contributed by atoms with van der Waals surface area (Å²) in [6, 6.07) is -0.535. The van der Waals surface area contributed by atoms with Crippen LogP contribution in [0.1, 0.15) is 380 Å². The molecule has 0 aromatic heterocycles. The van der Waals surface area contributed by atoms with E-state index in [2.05, 4.69) is 55.6 Å². The van der Waals surface area contributed by atoms with Crippen molar-refractivity contribution in [3.05, 3.63) is 36.5 Å². The predicted molar refractivity (Wildman–Crippen MR) is 327 cm³/mol. The van der Waals surface area contributed by atoms with Crippen molar-refractivity contribution in [2.75, 3.05) is 6.61 Å². The third-order valence-corrected chi connectivity index (χ3v) is 15.9. The molecule has 0 fully saturated rings. The number of nitrogens with one attached hydrogen (secondary N) is 1. The molecule has 4 heteroatoms. The molecular formula is C69H133NO3. The third-order valence-electron chi connectivity index (χ3n) is 15.9. The molecule has 0 aliphatic heterocycles. The summed E-state index contributed by atoms with van der Waals surface area (Å²) in [5.41, 5.74) is 0. The van der Waals surface area contributed by atoms with Crippen molar-refractivity contribution in [1.82, 2.24) is 5.32 Å². The molecule has 73 heavy (non-hydrogen) atoms. The third kappa shape index (κ3) is 61.3. The highest BCUT2D eigenvalue weighted by molar-refractivity contribution is 5.76. The van der Waals surface area contributed by atoms with Gasteiger partial charge in [-0.3, -0.25) is 4.79 Å². The van der Waals surface area contributed by atoms with Crippen LogP contribution in [0.3, 0.4) is 0 Å². The van der Waals surface area contributed by atoms with Gasteiger partial charge in [-0.25, -0.2) is 0 Å². The van der Waals surface area contributed by atoms with Crippen LogP contribution in [-0.4, -0.2) is 34.9 Å². The predicted octanol–water partition coefficient (Wildman–Crippen LogP) is 22.8. The Kier molecular flexibility index (Phi) is 63.7. The lowest BCUT2D eigenvalue weighted by Gasteiger charge is -2.22. The van der Waals surface area contributed by atoms with Crippen molar-refractivity contribution >= 4 is 5.91 Å². The fraction of sp³-hybridized carbons (Fsp3) is 0.899. The zero-order valence-corrected chi connectivity index (χ0v) is 49.9. The van der Waals surface area contributed by atoms with Crippen molar-refractivity contribution in [2.45, 2.75) is 392 Å². The maximum atomic E-state index is 12.5. The summed E-state index contributed by atoms with van der Waals surface area (Å²) in [7, 11) is 0. The summed E-state index contributed by atoms with van der Waals surface area (Å²) in [5, 5.41) is 23.4. The number of allylic oxidation sites excluding steroid dienone is 6. The van der Waals surface area contributed by atoms with Gasteiger partial charge in [0.05, 0.1) is 18.8 Å². The molecule has 0 aromatic carbocycles. The molecule has 0 aliphatic carbocycles. The van der Waals surface area contributed by atoms with E-state index in [-0.39, 0.29) is 12.5 Å². The Morgan fingerprint density at radius 1 is 0.329 bits per heavy atom. The Morgan fingerprint density at radius 2 is 0.562 bits per heavy atom. The van der Waals surface area contributed by atoms with Gasteiger partial charge in [0, 0.05) is 6.42 Å². The van der Waals surface area contributed by atoms with Gasteiger partial charge in [-0.1, -0.05) is 359 Å². The maximum Gasteiger partial charge on any atom is 0.220 e. The van der Waals surface area contributed by atoms with E-state index in [0.717, 1.165) is 38.5 Å². The fourth-order valence-electron chi connectivity index (χ4n) is 10.8. The van der Waals surface area contributed by atoms with Gasteiger partial charge in [-0.2, -0.15) is 0 Å². The highest BCUT2D eigenvalue weighted by atomic mass is 16.3. The minimum Gasteiger partial charge on any atom is -0.394 e. The number of rotatable bonds is 63. The molecule has 432 valence electrons. The molecule has 1 amide bonds. The summed E-state index contributed by atoms with van der Waals surface area (Å²) in [5.74, 6) is -0.0228. The van der Waals surface area contributed by atoms with Crippen molar-refractivity contribution in [3.8, 4) is 0 Å². The normalized spacial score (nSPS) is 12.9. The summed E-state index contributed by atoms with van der Waals surface area (Å²) in [6.07, 6.45) is 89.0. The SMILES string of the molecule is CCCCCCC/C=C\C/C=C\C/C=C\CCCCCCCCCCCCCCCCCCCCCCCCCCC(=O)NC(CO)C(O)CCCCCCCCCCCCCCCCCCCCCCCC. The summed E-state index contributed by atoms with van der Waals surface area (Å²) < 4.78 is 0. The molecule has 0 radical (unpaired) electrons. The van der Waals surface area contributed by atoms with Crippen molar-refractivity contribution < 1.29 is 15.0 Å². The first kappa shape index (κ1) is 71.6. The van der Waals surface area contributed by atoms with Gasteiger partial charge in [-0.15, -0.1) is 0 Å². The molecule has 0 saturated carbocycles. The maximum absolute atomic E-state index is 12.5. The molecule has 2 atom stereocenters. The fourth-order valence-corrected chi connectivity index (χ4v) is 10.8. The van der Waals surface area contributed by atoms with E-state index in [1.165, 1.54) is 315 Å². The summed E-state index contributed by atoms with van der Waals surface area (Å²) in [4.78, 5) is 12.5. The van der Waals surface area contributed by atoms with Crippen LogP contribution < -0.4 is 5.32 Å². The number of hydrogen-bond donors (Lipinski definition) is 3. The second-order valence-corrected chi connectivity index (χ2v) is 23.2. The Morgan fingerprint density at radius 3 is 0.836 bits per heavy atom. The number of carbonyl (C=O) groups is 1. The van der Waals surface area contributed by atoms with Gasteiger partial charge < -0.3 is 15.5 Å². The number of unbranched alkanes of at least 4 members (excludes halogenated alkanes) is 50. The zero-order valence-electron chi connectivity index (χ0n) is 49.9. The van der Waals surface area contributed by atoms with Crippen molar-refractivity contribution in [2.24, 2.45) is 0 Å². The van der Waals surface area contributed by atoms with E-state index in [1.807, 2.05) is 0 Å². The first-order valence-electron chi connectivity index (χ1n) is 33.7. The Balaban J connectivity index is 3.38. The molecule has 0 rings (SSSR count). The zero-order chi connectivity index (χ0) is 52.7. The number of hydrogen-bond acceptors (Lipinski definition) is 3. The van der Waals surface area contributed by atoms with Gasteiger partial charge in [0.1, 0.15) is 0 Å². The minimum atomic E-state index is -0.658. The molecule has 0 bridgehead atoms. The number of carbonyl (C=O) groups excluding carboxylic acids is 1. The van der Waals surface area contributed by atoms with E-state index >= 15 is 0 Å². The lowest BCUT2D eigenvalue weighted by molar-refractivity contribution is -0.123. The van der Waals surface area contributed by atoms with Crippen LogP contribution in [0.2, 0.25) is 0 Å². The van der Waals surface area contributed by atoms with E-state index in [1.54, 1.807) is 0 Å². The summed E-state index contributed by atoms with van der Waals surface area (Å²) in [6.45, 7) is 4.39. The molecular weight excluding hydrogens is 891 g/mol. The lowest BCUT2D eigenvalue weighted by atomic mass is 10.0. The molecule has 0 spiro atoms. The van der Waals surface area contributed by atoms with Crippen LogP contribution in [0.4, 0.5) is 0 Å². The lowest BCUT2D eigenvalue weighted by Crippen LogP contribution is -2.45. The van der Waals surface area contributed by atoms with Crippen LogP contribution in [0.5, 0.6) is 0 Å². The standard InChI is InChI=1S/C69H133NO3/c1-3-5-7-9-11-13-15-17-19-21-23-25-27-28-29-30-31-32-33-34-35-36-37-38-39-40-41-42-43-45-47-49-51-53-55-57-59-61-63-65-69(73)70-67(66-71)68(72)64-62-60-58-56-54-52-50-48-46-44-26-24-22-20-18-16-14-12-10-8-6-4-2/h15,17,21,23,27-28,67-68,71-72H,3-14,16,18-20,22,24-26,29-66H2,1-2H3,(H,70,73)/b17-15-,23-21-,28-27-. The van der Waals surface area contributed by atoms with E-state index in [4.69, 9.17) is 0 Å². The first-order chi connectivity index (χ1) is 36.2. The molecule has 0 aliphatic rings. The first-order valence-corrected chi connectivity index (χ1v) is 33.7. The molecule has 0 aromatic rings. The average Bonchev–Trinajstić information content (AvgIpc) is 3.40. The van der Waals surface area contributed by atoms with Gasteiger partial charge in [-0.05, 0) is 51.4 Å². The van der Waals surface area contributed by atoms with Gasteiger partial charge >= 0.3 is 0 Å². The second kappa shape index (κ2) is 64.9. The highest BCUT2D eigenvalue weighted by Crippen LogP contribution is 2.19. The Hall–Kier alpha value is -1.39. The number of amides is 1. The number of aliphatic hydroxyl groups excluding tert-OH is 2. The molecule has 0 heterocycles. The Labute approximate surface area is 459 Å². The van der Waals surface area contributed by atoms with Crippen molar-refractivity contribution in [3.63, 3.8) is 0 Å². The minimum absolute atomic E-state index is 0.0228. The quantitative estimate of drug-likeness (QED) is 0.0420. The van der Waals surface area contributed by atoms with Crippen LogP contribution in [-0.2, 0) is 4.79 Å². The largest absolute Gasteiger partial charge is 0.394 e. The highest BCUT2D eigenvalue weighted by Gasteiger charge is 2.20. The van der Waals surface area contributed by atoms with Gasteiger partial charge in [0.2, 0.25) is 5.91 Å². The molecule has 0 saturated heterocycles. The van der Waals surface area contributed by atoms with Crippen LogP contribution in [0, 0.1) is 0 Å². The van der Waals surface area contributed by atoms with E-state index in [0.29, 0.717) is 12.8 Å². The summed E-state index contributed by atoms with van der Waals surface area (Å²) >= 11 is 0. The molecule has 4 nitrogen and oxygen atoms in total. The molecule has 3 N–H and O–H groups in total. The molecule has 2 unspecified atom stereocenters. The van der Waals surface area contributed by atoms with Crippen LogP contribution in [0.15, 0.2) is 36.5 Å². The average molecular weight is 1020 g/mol. The monoisotopic (exact) mass is 1020 g/mol. The second-order valence-electron chi connectivity index (χ2n) is 23.2. The van der Waals surface area contributed by atoms with Crippen LogP contribution >= 0.6 is 0 Å².